The molecule has 0 unspecified atom stereocenters. The normalized spacial score (nSPS) is 13.3. The summed E-state index contributed by atoms with van der Waals surface area (Å²) in [6.45, 7) is 9.43. The van der Waals surface area contributed by atoms with Crippen LogP contribution in [0.1, 0.15) is 79.1 Å². The quantitative estimate of drug-likeness (QED) is 0.300. The summed E-state index contributed by atoms with van der Waals surface area (Å²) in [5.41, 5.74) is 0. The maximum atomic E-state index is 11.9. The van der Waals surface area contributed by atoms with E-state index in [9.17, 15) is 9.59 Å². The lowest BCUT2D eigenvalue weighted by Gasteiger charge is -2.14. The summed E-state index contributed by atoms with van der Waals surface area (Å²) in [4.78, 5) is 23.8. The molecule has 0 fully saturated rings. The first kappa shape index (κ1) is 23.9. The number of hydrogen-bond donors (Lipinski definition) is 0. The molecular formula is C20H38O5. The van der Waals surface area contributed by atoms with E-state index in [4.69, 9.17) is 14.2 Å². The van der Waals surface area contributed by atoms with E-state index in [1.54, 1.807) is 0 Å². The van der Waals surface area contributed by atoms with Crippen molar-refractivity contribution in [1.82, 2.24) is 0 Å². The Labute approximate surface area is 153 Å². The molecule has 148 valence electrons. The fourth-order valence-electron chi connectivity index (χ4n) is 2.62. The molecule has 0 aliphatic rings. The van der Waals surface area contributed by atoms with Crippen LogP contribution in [-0.2, 0) is 23.8 Å². The molecule has 0 aliphatic carbocycles. The lowest BCUT2D eigenvalue weighted by atomic mass is 10.00. The van der Waals surface area contributed by atoms with Crippen LogP contribution in [0.3, 0.4) is 0 Å². The van der Waals surface area contributed by atoms with Gasteiger partial charge in [0.15, 0.2) is 0 Å². The van der Waals surface area contributed by atoms with Gasteiger partial charge >= 0.3 is 11.9 Å². The topological polar surface area (TPSA) is 61.8 Å². The molecule has 0 saturated heterocycles. The summed E-state index contributed by atoms with van der Waals surface area (Å²) in [5.74, 6) is -0.273. The van der Waals surface area contributed by atoms with Crippen LogP contribution >= 0.6 is 0 Å². The summed E-state index contributed by atoms with van der Waals surface area (Å²) < 4.78 is 15.9. The molecule has 0 spiro atoms. The van der Waals surface area contributed by atoms with Crippen molar-refractivity contribution in [3.63, 3.8) is 0 Å². The predicted molar refractivity (Wildman–Crippen MR) is 99.3 cm³/mol. The van der Waals surface area contributed by atoms with Gasteiger partial charge in [-0.15, -0.1) is 0 Å². The van der Waals surface area contributed by atoms with E-state index in [0.717, 1.165) is 51.4 Å². The number of esters is 2. The van der Waals surface area contributed by atoms with Crippen LogP contribution in [0.15, 0.2) is 0 Å². The maximum absolute atomic E-state index is 11.9. The van der Waals surface area contributed by atoms with Crippen molar-refractivity contribution in [2.24, 2.45) is 11.8 Å². The average molecular weight is 359 g/mol. The molecule has 0 radical (unpaired) electrons. The number of carbonyl (C=O) groups is 2. The smallest absolute Gasteiger partial charge is 0.308 e. The molecule has 0 N–H and O–H groups in total. The monoisotopic (exact) mass is 358 g/mol. The second-order valence-electron chi connectivity index (χ2n) is 6.44. The molecule has 0 aromatic rings. The number of unbranched alkanes of at least 4 members (excludes halogenated alkanes) is 2. The summed E-state index contributed by atoms with van der Waals surface area (Å²) in [7, 11) is 0. The third kappa shape index (κ3) is 12.0. The molecule has 0 aliphatic heterocycles. The molecule has 0 rings (SSSR count). The van der Waals surface area contributed by atoms with Crippen molar-refractivity contribution in [3.05, 3.63) is 0 Å². The highest BCUT2D eigenvalue weighted by Gasteiger charge is 2.18. The van der Waals surface area contributed by atoms with Crippen molar-refractivity contribution in [2.75, 3.05) is 26.4 Å². The van der Waals surface area contributed by atoms with Crippen molar-refractivity contribution in [1.29, 1.82) is 0 Å². The molecule has 2 atom stereocenters. The minimum atomic E-state index is -0.132. The van der Waals surface area contributed by atoms with Crippen LogP contribution in [0.25, 0.3) is 0 Å². The van der Waals surface area contributed by atoms with Gasteiger partial charge in [0.2, 0.25) is 0 Å². The summed E-state index contributed by atoms with van der Waals surface area (Å²) in [6.07, 6.45) is 7.67. The second-order valence-corrected chi connectivity index (χ2v) is 6.44. The van der Waals surface area contributed by atoms with Crippen LogP contribution in [0.5, 0.6) is 0 Å². The fourth-order valence-corrected chi connectivity index (χ4v) is 2.62. The van der Waals surface area contributed by atoms with E-state index in [0.29, 0.717) is 13.2 Å². The third-order valence-electron chi connectivity index (χ3n) is 4.41. The summed E-state index contributed by atoms with van der Waals surface area (Å²) in [5, 5.41) is 0. The summed E-state index contributed by atoms with van der Waals surface area (Å²) in [6, 6.07) is 0. The van der Waals surface area contributed by atoms with Gasteiger partial charge in [0.1, 0.15) is 13.2 Å². The highest BCUT2D eigenvalue weighted by atomic mass is 16.6. The zero-order valence-electron chi connectivity index (χ0n) is 16.7. The first-order chi connectivity index (χ1) is 12.1. The first-order valence-electron chi connectivity index (χ1n) is 10.0. The number of hydrogen-bond acceptors (Lipinski definition) is 5. The van der Waals surface area contributed by atoms with Crippen molar-refractivity contribution in [2.45, 2.75) is 79.1 Å². The molecule has 0 bridgehead atoms. The largest absolute Gasteiger partial charge is 0.463 e. The molecule has 5 nitrogen and oxygen atoms in total. The van der Waals surface area contributed by atoms with Crippen molar-refractivity contribution in [3.8, 4) is 0 Å². The highest BCUT2D eigenvalue weighted by Crippen LogP contribution is 2.15. The Morgan fingerprint density at radius 2 is 1.08 bits per heavy atom. The number of rotatable bonds is 16. The Kier molecular flexibility index (Phi) is 15.7. The van der Waals surface area contributed by atoms with E-state index in [1.807, 2.05) is 13.8 Å². The van der Waals surface area contributed by atoms with E-state index in [2.05, 4.69) is 13.8 Å². The molecule has 5 heteroatoms. The SMILES string of the molecule is CCCC[C@H](CC)C(=O)OCCOCCOC(=O)[C@@H](CC)CCCC. The van der Waals surface area contributed by atoms with Crippen LogP contribution in [0.4, 0.5) is 0 Å². The van der Waals surface area contributed by atoms with Gasteiger partial charge in [-0.3, -0.25) is 9.59 Å². The van der Waals surface area contributed by atoms with E-state index < -0.39 is 0 Å². The highest BCUT2D eigenvalue weighted by molar-refractivity contribution is 5.72. The Bertz CT molecular complexity index is 311. The van der Waals surface area contributed by atoms with Crippen molar-refractivity contribution >= 4 is 11.9 Å². The van der Waals surface area contributed by atoms with Gasteiger partial charge in [0.05, 0.1) is 25.0 Å². The van der Waals surface area contributed by atoms with Gasteiger partial charge in [-0.1, -0.05) is 53.4 Å². The average Bonchev–Trinajstić information content (AvgIpc) is 2.62. The minimum Gasteiger partial charge on any atom is -0.463 e. The maximum Gasteiger partial charge on any atom is 0.308 e. The van der Waals surface area contributed by atoms with E-state index in [-0.39, 0.29) is 37.0 Å². The van der Waals surface area contributed by atoms with Crippen LogP contribution < -0.4 is 0 Å². The lowest BCUT2D eigenvalue weighted by molar-refractivity contribution is -0.152. The van der Waals surface area contributed by atoms with Crippen LogP contribution in [0, 0.1) is 11.8 Å². The van der Waals surface area contributed by atoms with Gasteiger partial charge in [0, 0.05) is 0 Å². The third-order valence-corrected chi connectivity index (χ3v) is 4.41. The van der Waals surface area contributed by atoms with Gasteiger partial charge in [-0.05, 0) is 25.7 Å². The lowest BCUT2D eigenvalue weighted by Crippen LogP contribution is -2.21. The molecule has 0 saturated carbocycles. The Balaban J connectivity index is 3.71. The number of carbonyl (C=O) groups excluding carboxylic acids is 2. The van der Waals surface area contributed by atoms with Gasteiger partial charge in [-0.25, -0.2) is 0 Å². The van der Waals surface area contributed by atoms with Crippen LogP contribution in [0.2, 0.25) is 0 Å². The van der Waals surface area contributed by atoms with Crippen LogP contribution in [-0.4, -0.2) is 38.4 Å². The zero-order chi connectivity index (χ0) is 18.9. The minimum absolute atomic E-state index is 0.00463. The number of ether oxygens (including phenoxy) is 3. The standard InChI is InChI=1S/C20H38O5/c1-5-9-11-17(7-3)19(21)24-15-13-23-14-16-25-20(22)18(8-4)12-10-6-2/h17-18H,5-16H2,1-4H3/t17-,18-/m0/s1. The second kappa shape index (κ2) is 16.4. The Hall–Kier alpha value is -1.10. The summed E-state index contributed by atoms with van der Waals surface area (Å²) >= 11 is 0. The Morgan fingerprint density at radius 3 is 1.40 bits per heavy atom. The molecule has 0 aromatic heterocycles. The van der Waals surface area contributed by atoms with Gasteiger partial charge in [0.25, 0.3) is 0 Å². The zero-order valence-corrected chi connectivity index (χ0v) is 16.7. The van der Waals surface area contributed by atoms with Gasteiger partial charge in [-0.2, -0.15) is 0 Å². The predicted octanol–water partition coefficient (Wildman–Crippen LogP) is 4.52. The molecular weight excluding hydrogens is 320 g/mol. The fraction of sp³-hybridized carbons (Fsp3) is 0.900. The van der Waals surface area contributed by atoms with E-state index >= 15 is 0 Å². The van der Waals surface area contributed by atoms with Crippen molar-refractivity contribution < 1.29 is 23.8 Å². The molecule has 25 heavy (non-hydrogen) atoms. The molecule has 0 amide bonds. The molecule has 0 aromatic carbocycles. The first-order valence-corrected chi connectivity index (χ1v) is 10.0. The Morgan fingerprint density at radius 1 is 0.680 bits per heavy atom. The van der Waals surface area contributed by atoms with E-state index in [1.165, 1.54) is 0 Å². The van der Waals surface area contributed by atoms with Gasteiger partial charge < -0.3 is 14.2 Å². The molecule has 0 heterocycles.